The highest BCUT2D eigenvalue weighted by Crippen LogP contribution is 2.31. The second-order valence-corrected chi connectivity index (χ2v) is 6.50. The van der Waals surface area contributed by atoms with Crippen molar-refractivity contribution in [3.05, 3.63) is 62.2 Å². The highest BCUT2D eigenvalue weighted by molar-refractivity contribution is 6.31. The number of carbonyl (C=O) groups is 2. The lowest BCUT2D eigenvalue weighted by Gasteiger charge is -2.16. The lowest BCUT2D eigenvalue weighted by molar-refractivity contribution is -0.385. The molecule has 0 bridgehead atoms. The minimum atomic E-state index is -1.14. The molecule has 0 radical (unpaired) electrons. The van der Waals surface area contributed by atoms with Gasteiger partial charge in [0.2, 0.25) is 0 Å². The lowest BCUT2D eigenvalue weighted by atomic mass is 10.1. The fourth-order valence-electron chi connectivity index (χ4n) is 2.38. The van der Waals surface area contributed by atoms with E-state index in [2.05, 4.69) is 5.32 Å². The largest absolute Gasteiger partial charge is 0.495 e. The van der Waals surface area contributed by atoms with Gasteiger partial charge in [0.05, 0.1) is 23.3 Å². The Hall–Kier alpha value is -3.13. The van der Waals surface area contributed by atoms with Crippen molar-refractivity contribution < 1.29 is 24.0 Å². The molecule has 0 aliphatic heterocycles. The summed E-state index contributed by atoms with van der Waals surface area (Å²) >= 11 is 6.04. The van der Waals surface area contributed by atoms with Crippen LogP contribution in [0.1, 0.15) is 28.4 Å². The van der Waals surface area contributed by atoms with Crippen LogP contribution in [-0.4, -0.2) is 30.0 Å². The van der Waals surface area contributed by atoms with Crippen molar-refractivity contribution in [1.29, 1.82) is 0 Å². The zero-order valence-corrected chi connectivity index (χ0v) is 16.5. The molecule has 0 unspecified atom stereocenters. The number of carbonyl (C=O) groups excluding carboxylic acids is 2. The molecule has 0 aromatic heterocycles. The van der Waals surface area contributed by atoms with E-state index in [1.807, 2.05) is 0 Å². The molecule has 0 aliphatic rings. The standard InChI is InChI=1S/C19H19ClN2O6/c1-10-5-6-13(8-16(10)22(25)26)19(24)28-12(3)18(23)21-15-7-11(2)14(20)9-17(15)27-4/h5-9,12H,1-4H3,(H,21,23)/t12-/m1/s1. The SMILES string of the molecule is COc1cc(Cl)c(C)cc1NC(=O)[C@@H](C)OC(=O)c1ccc(C)c([N+](=O)[O-])c1. The molecule has 9 heteroatoms. The Bertz CT molecular complexity index is 944. The van der Waals surface area contributed by atoms with Crippen LogP contribution >= 0.6 is 11.6 Å². The Morgan fingerprint density at radius 3 is 2.46 bits per heavy atom. The molecule has 1 N–H and O–H groups in total. The quantitative estimate of drug-likeness (QED) is 0.440. The van der Waals surface area contributed by atoms with Gasteiger partial charge in [-0.15, -0.1) is 0 Å². The molecular weight excluding hydrogens is 388 g/mol. The van der Waals surface area contributed by atoms with Gasteiger partial charge in [0.1, 0.15) is 5.75 Å². The smallest absolute Gasteiger partial charge is 0.339 e. The van der Waals surface area contributed by atoms with E-state index in [0.717, 1.165) is 11.6 Å². The minimum absolute atomic E-state index is 0.0168. The Morgan fingerprint density at radius 1 is 1.18 bits per heavy atom. The summed E-state index contributed by atoms with van der Waals surface area (Å²) in [5, 5.41) is 14.1. The third-order valence-electron chi connectivity index (χ3n) is 4.03. The zero-order valence-electron chi connectivity index (χ0n) is 15.7. The maximum Gasteiger partial charge on any atom is 0.339 e. The van der Waals surface area contributed by atoms with Crippen LogP contribution in [0.2, 0.25) is 5.02 Å². The fraction of sp³-hybridized carbons (Fsp3) is 0.263. The molecule has 0 saturated heterocycles. The normalized spacial score (nSPS) is 11.5. The highest BCUT2D eigenvalue weighted by atomic mass is 35.5. The zero-order chi connectivity index (χ0) is 21.0. The van der Waals surface area contributed by atoms with Crippen LogP contribution in [0.25, 0.3) is 0 Å². The number of hydrogen-bond donors (Lipinski definition) is 1. The highest BCUT2D eigenvalue weighted by Gasteiger charge is 2.22. The molecule has 0 heterocycles. The van der Waals surface area contributed by atoms with E-state index < -0.39 is 22.9 Å². The summed E-state index contributed by atoms with van der Waals surface area (Å²) in [4.78, 5) is 35.1. The van der Waals surface area contributed by atoms with E-state index in [1.54, 1.807) is 26.0 Å². The van der Waals surface area contributed by atoms with Crippen LogP contribution in [0.5, 0.6) is 5.75 Å². The molecule has 8 nitrogen and oxygen atoms in total. The number of benzene rings is 2. The average molecular weight is 407 g/mol. The summed E-state index contributed by atoms with van der Waals surface area (Å²) < 4.78 is 10.3. The number of nitro groups is 1. The first kappa shape index (κ1) is 21.2. The number of halogens is 1. The van der Waals surface area contributed by atoms with Gasteiger partial charge in [-0.1, -0.05) is 17.7 Å². The van der Waals surface area contributed by atoms with Gasteiger partial charge < -0.3 is 14.8 Å². The first-order valence-electron chi connectivity index (χ1n) is 8.25. The predicted molar refractivity (Wildman–Crippen MR) is 104 cm³/mol. The van der Waals surface area contributed by atoms with E-state index in [9.17, 15) is 19.7 Å². The molecule has 0 fully saturated rings. The lowest BCUT2D eigenvalue weighted by Crippen LogP contribution is -2.30. The summed E-state index contributed by atoms with van der Waals surface area (Å²) in [5.41, 5.74) is 1.31. The van der Waals surface area contributed by atoms with Crippen molar-refractivity contribution in [3.8, 4) is 5.75 Å². The fourth-order valence-corrected chi connectivity index (χ4v) is 2.53. The molecule has 1 atom stereocenters. The number of hydrogen-bond acceptors (Lipinski definition) is 6. The molecule has 2 rings (SSSR count). The van der Waals surface area contributed by atoms with Crippen molar-refractivity contribution in [2.75, 3.05) is 12.4 Å². The number of nitrogens with zero attached hydrogens (tertiary/aromatic N) is 1. The van der Waals surface area contributed by atoms with Crippen molar-refractivity contribution in [2.24, 2.45) is 0 Å². The van der Waals surface area contributed by atoms with Gasteiger partial charge in [0.25, 0.3) is 11.6 Å². The van der Waals surface area contributed by atoms with Crippen LogP contribution < -0.4 is 10.1 Å². The van der Waals surface area contributed by atoms with E-state index in [1.165, 1.54) is 26.2 Å². The Morgan fingerprint density at radius 2 is 1.86 bits per heavy atom. The van der Waals surface area contributed by atoms with Crippen molar-refractivity contribution >= 4 is 34.9 Å². The first-order chi connectivity index (χ1) is 13.1. The van der Waals surface area contributed by atoms with Crippen LogP contribution in [-0.2, 0) is 9.53 Å². The second kappa shape index (κ2) is 8.71. The number of aryl methyl sites for hydroxylation is 2. The van der Waals surface area contributed by atoms with Gasteiger partial charge in [-0.25, -0.2) is 4.79 Å². The topological polar surface area (TPSA) is 108 Å². The van der Waals surface area contributed by atoms with Gasteiger partial charge in [0, 0.05) is 22.7 Å². The minimum Gasteiger partial charge on any atom is -0.495 e. The van der Waals surface area contributed by atoms with Gasteiger partial charge in [0.15, 0.2) is 6.10 Å². The molecule has 1 amide bonds. The van der Waals surface area contributed by atoms with Gasteiger partial charge in [-0.05, 0) is 38.5 Å². The first-order valence-corrected chi connectivity index (χ1v) is 8.62. The molecule has 2 aromatic rings. The average Bonchev–Trinajstić information content (AvgIpc) is 2.64. The summed E-state index contributed by atoms with van der Waals surface area (Å²) in [6, 6.07) is 7.17. The Balaban J connectivity index is 2.13. The molecular formula is C19H19ClN2O6. The van der Waals surface area contributed by atoms with Crippen LogP contribution in [0, 0.1) is 24.0 Å². The molecule has 148 valence electrons. The van der Waals surface area contributed by atoms with E-state index in [0.29, 0.717) is 22.0 Å². The maximum absolute atomic E-state index is 12.4. The number of anilines is 1. The summed E-state index contributed by atoms with van der Waals surface area (Å²) in [5.74, 6) is -1.07. The predicted octanol–water partition coefficient (Wildman–Crippen LogP) is 4.06. The van der Waals surface area contributed by atoms with Crippen molar-refractivity contribution in [3.63, 3.8) is 0 Å². The molecule has 28 heavy (non-hydrogen) atoms. The van der Waals surface area contributed by atoms with Gasteiger partial charge in [-0.2, -0.15) is 0 Å². The number of methoxy groups -OCH3 is 1. The maximum atomic E-state index is 12.4. The number of nitrogens with one attached hydrogen (secondary N) is 1. The van der Waals surface area contributed by atoms with E-state index in [4.69, 9.17) is 21.1 Å². The van der Waals surface area contributed by atoms with Gasteiger partial charge >= 0.3 is 5.97 Å². The third-order valence-corrected chi connectivity index (χ3v) is 4.44. The molecule has 0 spiro atoms. The van der Waals surface area contributed by atoms with Gasteiger partial charge in [-0.3, -0.25) is 14.9 Å². The summed E-state index contributed by atoms with van der Waals surface area (Å²) in [7, 11) is 1.43. The van der Waals surface area contributed by atoms with Crippen LogP contribution in [0.4, 0.5) is 11.4 Å². The molecule has 0 saturated carbocycles. The number of ether oxygens (including phenoxy) is 2. The number of esters is 1. The Labute approximate surface area is 166 Å². The van der Waals surface area contributed by atoms with Crippen molar-refractivity contribution in [2.45, 2.75) is 26.9 Å². The third kappa shape index (κ3) is 4.77. The summed E-state index contributed by atoms with van der Waals surface area (Å²) in [6.07, 6.45) is -1.14. The van der Waals surface area contributed by atoms with Crippen LogP contribution in [0.3, 0.4) is 0 Å². The number of nitro benzene ring substituents is 1. The van der Waals surface area contributed by atoms with Crippen molar-refractivity contribution in [1.82, 2.24) is 0 Å². The van der Waals surface area contributed by atoms with Crippen LogP contribution in [0.15, 0.2) is 30.3 Å². The number of amides is 1. The molecule has 2 aromatic carbocycles. The monoisotopic (exact) mass is 406 g/mol. The van der Waals surface area contributed by atoms with E-state index in [-0.39, 0.29) is 11.3 Å². The summed E-state index contributed by atoms with van der Waals surface area (Å²) in [6.45, 7) is 4.72. The Kier molecular flexibility index (Phi) is 6.58. The molecule has 0 aliphatic carbocycles. The van der Waals surface area contributed by atoms with E-state index >= 15 is 0 Å². The number of rotatable bonds is 6. The second-order valence-electron chi connectivity index (χ2n) is 6.10.